The van der Waals surface area contributed by atoms with E-state index in [4.69, 9.17) is 32.7 Å². The van der Waals surface area contributed by atoms with Crippen LogP contribution in [-0.4, -0.2) is 32.9 Å². The predicted octanol–water partition coefficient (Wildman–Crippen LogP) is 3.00. The van der Waals surface area contributed by atoms with Gasteiger partial charge < -0.3 is 14.8 Å². The molecule has 1 unspecified atom stereocenters. The lowest BCUT2D eigenvalue weighted by Gasteiger charge is -2.13. The lowest BCUT2D eigenvalue weighted by atomic mass is 10.3. The normalized spacial score (nSPS) is 12.5. The third-order valence-electron chi connectivity index (χ3n) is 2.17. The van der Waals surface area contributed by atoms with Crippen molar-refractivity contribution in [2.24, 2.45) is 0 Å². The number of halogens is 2. The van der Waals surface area contributed by atoms with Crippen molar-refractivity contribution in [3.63, 3.8) is 0 Å². The fourth-order valence-corrected chi connectivity index (χ4v) is 1.64. The Morgan fingerprint density at radius 1 is 1.29 bits per heavy atom. The van der Waals surface area contributed by atoms with Crippen molar-refractivity contribution in [3.8, 4) is 5.75 Å². The molecule has 0 bridgehead atoms. The van der Waals surface area contributed by atoms with Gasteiger partial charge in [-0.3, -0.25) is 0 Å². The molecule has 1 rings (SSSR count). The van der Waals surface area contributed by atoms with Crippen molar-refractivity contribution in [3.05, 3.63) is 28.2 Å². The van der Waals surface area contributed by atoms with E-state index < -0.39 is 0 Å². The molecular weight excluding hydrogens is 261 g/mol. The van der Waals surface area contributed by atoms with E-state index in [-0.39, 0.29) is 0 Å². The largest absolute Gasteiger partial charge is 0.492 e. The molecule has 1 N–H and O–H groups in total. The number of rotatable bonds is 7. The summed E-state index contributed by atoms with van der Waals surface area (Å²) < 4.78 is 10.5. The van der Waals surface area contributed by atoms with Crippen molar-refractivity contribution >= 4 is 23.2 Å². The number of hydrogen-bond donors (Lipinski definition) is 1. The molecule has 0 fully saturated rings. The second-order valence-corrected chi connectivity index (χ2v) is 4.55. The number of nitrogens with one attached hydrogen (secondary N) is 1. The van der Waals surface area contributed by atoms with Crippen LogP contribution in [0.4, 0.5) is 0 Å². The smallest absolute Gasteiger partial charge is 0.120 e. The average molecular weight is 278 g/mol. The van der Waals surface area contributed by atoms with Gasteiger partial charge in [-0.1, -0.05) is 23.2 Å². The van der Waals surface area contributed by atoms with E-state index in [1.807, 2.05) is 0 Å². The van der Waals surface area contributed by atoms with Gasteiger partial charge in [-0.2, -0.15) is 0 Å². The maximum atomic E-state index is 5.87. The van der Waals surface area contributed by atoms with E-state index in [1.165, 1.54) is 0 Å². The fraction of sp³-hybridized carbons (Fsp3) is 0.500. The van der Waals surface area contributed by atoms with Crippen LogP contribution in [0, 0.1) is 0 Å². The molecule has 5 heteroatoms. The Morgan fingerprint density at radius 3 is 2.71 bits per heavy atom. The van der Waals surface area contributed by atoms with Gasteiger partial charge in [-0.25, -0.2) is 0 Å². The third-order valence-corrected chi connectivity index (χ3v) is 2.91. The Morgan fingerprint density at radius 2 is 2.06 bits per heavy atom. The molecule has 0 heterocycles. The van der Waals surface area contributed by atoms with Crippen LogP contribution in [0.5, 0.6) is 5.75 Å². The van der Waals surface area contributed by atoms with Gasteiger partial charge in [0.15, 0.2) is 0 Å². The zero-order chi connectivity index (χ0) is 12.7. The molecule has 17 heavy (non-hydrogen) atoms. The van der Waals surface area contributed by atoms with Crippen LogP contribution >= 0.6 is 23.2 Å². The highest BCUT2D eigenvalue weighted by Gasteiger charge is 2.01. The summed E-state index contributed by atoms with van der Waals surface area (Å²) in [7, 11) is 1.68. The summed E-state index contributed by atoms with van der Waals surface area (Å²) >= 11 is 11.7. The molecule has 0 aliphatic carbocycles. The molecule has 0 amide bonds. The van der Waals surface area contributed by atoms with E-state index in [2.05, 4.69) is 12.2 Å². The van der Waals surface area contributed by atoms with Crippen LogP contribution < -0.4 is 10.1 Å². The summed E-state index contributed by atoms with van der Waals surface area (Å²) in [5, 5.41) is 4.31. The first kappa shape index (κ1) is 14.6. The minimum absolute atomic E-state index is 0.317. The molecule has 0 aliphatic heterocycles. The van der Waals surface area contributed by atoms with E-state index in [9.17, 15) is 0 Å². The lowest BCUT2D eigenvalue weighted by Crippen LogP contribution is -2.33. The van der Waals surface area contributed by atoms with Crippen molar-refractivity contribution in [2.75, 3.05) is 26.9 Å². The lowest BCUT2D eigenvalue weighted by molar-refractivity contribution is 0.169. The molecule has 0 radical (unpaired) electrons. The molecule has 96 valence electrons. The van der Waals surface area contributed by atoms with Crippen LogP contribution in [0.15, 0.2) is 18.2 Å². The first-order valence-corrected chi connectivity index (χ1v) is 6.19. The molecule has 0 spiro atoms. The second kappa shape index (κ2) is 7.77. The Bertz CT molecular complexity index is 347. The molecule has 0 aromatic heterocycles. The zero-order valence-corrected chi connectivity index (χ0v) is 11.5. The molecule has 1 aromatic carbocycles. The van der Waals surface area contributed by atoms with Gasteiger partial charge in [-0.15, -0.1) is 0 Å². The molecule has 0 aliphatic rings. The van der Waals surface area contributed by atoms with E-state index in [0.717, 1.165) is 12.3 Å². The number of ether oxygens (including phenoxy) is 2. The van der Waals surface area contributed by atoms with Gasteiger partial charge in [-0.05, 0) is 19.1 Å². The van der Waals surface area contributed by atoms with Gasteiger partial charge in [0, 0.05) is 25.8 Å². The molecule has 1 aromatic rings. The van der Waals surface area contributed by atoms with Crippen molar-refractivity contribution < 1.29 is 9.47 Å². The number of hydrogen-bond acceptors (Lipinski definition) is 3. The van der Waals surface area contributed by atoms with Gasteiger partial charge in [0.25, 0.3) is 0 Å². The van der Waals surface area contributed by atoms with Gasteiger partial charge in [0.1, 0.15) is 12.4 Å². The zero-order valence-electron chi connectivity index (χ0n) is 10.0. The van der Waals surface area contributed by atoms with Crippen LogP contribution in [0.25, 0.3) is 0 Å². The SMILES string of the molecule is COCC(C)NCCOc1ccc(Cl)c(Cl)c1. The minimum atomic E-state index is 0.317. The minimum Gasteiger partial charge on any atom is -0.492 e. The molecule has 3 nitrogen and oxygen atoms in total. The second-order valence-electron chi connectivity index (χ2n) is 3.73. The summed E-state index contributed by atoms with van der Waals surface area (Å²) in [5.74, 6) is 0.723. The third kappa shape index (κ3) is 5.59. The highest BCUT2D eigenvalue weighted by Crippen LogP contribution is 2.26. The Labute approximate surface area is 112 Å². The number of methoxy groups -OCH3 is 1. The highest BCUT2D eigenvalue weighted by molar-refractivity contribution is 6.42. The Kier molecular flexibility index (Phi) is 6.66. The van der Waals surface area contributed by atoms with E-state index >= 15 is 0 Å². The summed E-state index contributed by atoms with van der Waals surface area (Å²) in [4.78, 5) is 0. The van der Waals surface area contributed by atoms with Crippen molar-refractivity contribution in [1.82, 2.24) is 5.32 Å². The first-order chi connectivity index (χ1) is 8.13. The Balaban J connectivity index is 2.24. The van der Waals surface area contributed by atoms with Crippen LogP contribution in [-0.2, 0) is 4.74 Å². The predicted molar refractivity (Wildman–Crippen MR) is 71.3 cm³/mol. The fourth-order valence-electron chi connectivity index (χ4n) is 1.35. The van der Waals surface area contributed by atoms with E-state index in [1.54, 1.807) is 25.3 Å². The first-order valence-electron chi connectivity index (χ1n) is 5.43. The molecule has 0 saturated carbocycles. The van der Waals surface area contributed by atoms with Gasteiger partial charge >= 0.3 is 0 Å². The van der Waals surface area contributed by atoms with Crippen LogP contribution in [0.2, 0.25) is 10.0 Å². The van der Waals surface area contributed by atoms with Gasteiger partial charge in [0.05, 0.1) is 16.7 Å². The van der Waals surface area contributed by atoms with Gasteiger partial charge in [0.2, 0.25) is 0 Å². The topological polar surface area (TPSA) is 30.5 Å². The standard InChI is InChI=1S/C12H17Cl2NO2/c1-9(8-16-2)15-5-6-17-10-3-4-11(13)12(14)7-10/h3-4,7,9,15H,5-6,8H2,1-2H3. The maximum Gasteiger partial charge on any atom is 0.120 e. The molecule has 0 saturated heterocycles. The van der Waals surface area contributed by atoms with Crippen molar-refractivity contribution in [2.45, 2.75) is 13.0 Å². The Hall–Kier alpha value is -0.480. The van der Waals surface area contributed by atoms with E-state index in [0.29, 0.717) is 29.3 Å². The maximum absolute atomic E-state index is 5.87. The van der Waals surface area contributed by atoms with Crippen LogP contribution in [0.1, 0.15) is 6.92 Å². The average Bonchev–Trinajstić information content (AvgIpc) is 2.29. The molecular formula is C12H17Cl2NO2. The molecule has 1 atom stereocenters. The monoisotopic (exact) mass is 277 g/mol. The summed E-state index contributed by atoms with van der Waals surface area (Å²) in [5.41, 5.74) is 0. The quantitative estimate of drug-likeness (QED) is 0.778. The highest BCUT2D eigenvalue weighted by atomic mass is 35.5. The van der Waals surface area contributed by atoms with Crippen molar-refractivity contribution in [1.29, 1.82) is 0 Å². The summed E-state index contributed by atoms with van der Waals surface area (Å²) in [6, 6.07) is 5.55. The van der Waals surface area contributed by atoms with Crippen LogP contribution in [0.3, 0.4) is 0 Å². The summed E-state index contributed by atoms with van der Waals surface area (Å²) in [6.45, 7) is 4.08. The summed E-state index contributed by atoms with van der Waals surface area (Å²) in [6.07, 6.45) is 0. The number of benzene rings is 1.